The van der Waals surface area contributed by atoms with Gasteiger partial charge in [-0.15, -0.1) is 0 Å². The molecule has 1 aliphatic carbocycles. The van der Waals surface area contributed by atoms with Gasteiger partial charge in [0.15, 0.2) is 5.82 Å². The molecule has 0 aliphatic heterocycles. The highest BCUT2D eigenvalue weighted by Gasteiger charge is 2.44. The Hall–Kier alpha value is -2.18. The van der Waals surface area contributed by atoms with Gasteiger partial charge in [-0.3, -0.25) is 4.79 Å². The molecule has 0 radical (unpaired) electrons. The molecule has 0 spiro atoms. The van der Waals surface area contributed by atoms with Gasteiger partial charge in [0.05, 0.1) is 27.0 Å². The van der Waals surface area contributed by atoms with Crippen LogP contribution in [-0.2, 0) is 11.8 Å². The second kappa shape index (κ2) is 5.97. The normalized spacial score (nSPS) is 19.2. The van der Waals surface area contributed by atoms with Crippen LogP contribution in [-0.4, -0.2) is 26.6 Å². The van der Waals surface area contributed by atoms with Gasteiger partial charge >= 0.3 is 0 Å². The third-order valence-corrected chi connectivity index (χ3v) is 4.91. The van der Waals surface area contributed by atoms with E-state index in [1.807, 2.05) is 11.6 Å². The van der Waals surface area contributed by atoms with Gasteiger partial charge in [0.1, 0.15) is 17.5 Å². The van der Waals surface area contributed by atoms with E-state index in [4.69, 9.17) is 23.2 Å². The lowest BCUT2D eigenvalue weighted by Gasteiger charge is -2.06. The summed E-state index contributed by atoms with van der Waals surface area (Å²) < 4.78 is 14.9. The summed E-state index contributed by atoms with van der Waals surface area (Å²) in [6.45, 7) is 0. The Morgan fingerprint density at radius 3 is 2.64 bits per heavy atom. The first kappa shape index (κ1) is 16.3. The maximum Gasteiger partial charge on any atom is 0.231 e. The van der Waals surface area contributed by atoms with Gasteiger partial charge in [0.2, 0.25) is 5.91 Å². The lowest BCUT2D eigenvalue weighted by Crippen LogP contribution is -2.16. The van der Waals surface area contributed by atoms with E-state index in [0.29, 0.717) is 32.8 Å². The smallest absolute Gasteiger partial charge is 0.231 e. The van der Waals surface area contributed by atoms with Crippen molar-refractivity contribution in [1.29, 1.82) is 0 Å². The minimum Gasteiger partial charge on any atom is -0.327 e. The number of nitrogens with zero attached hydrogens (tertiary/aromatic N) is 3. The zero-order chi connectivity index (χ0) is 17.7. The second-order valence-corrected chi connectivity index (χ2v) is 6.78. The number of halogens is 3. The fourth-order valence-electron chi connectivity index (χ4n) is 2.79. The van der Waals surface area contributed by atoms with Crippen molar-refractivity contribution in [3.63, 3.8) is 0 Å². The molecule has 8 heteroatoms. The molecule has 2 aromatic heterocycles. The topological polar surface area (TPSA) is 59.8 Å². The molecule has 0 saturated heterocycles. The monoisotopic (exact) mass is 378 g/mol. The molecule has 1 fully saturated rings. The Labute approximate surface area is 152 Å². The van der Waals surface area contributed by atoms with Crippen LogP contribution in [0, 0.1) is 5.92 Å². The van der Waals surface area contributed by atoms with Crippen molar-refractivity contribution in [1.82, 2.24) is 14.5 Å². The zero-order valence-corrected chi connectivity index (χ0v) is 14.6. The van der Waals surface area contributed by atoms with Gasteiger partial charge < -0.3 is 9.88 Å². The van der Waals surface area contributed by atoms with E-state index in [9.17, 15) is 9.18 Å². The van der Waals surface area contributed by atoms with E-state index >= 15 is 0 Å². The van der Waals surface area contributed by atoms with Crippen LogP contribution < -0.4 is 5.32 Å². The van der Waals surface area contributed by atoms with Crippen LogP contribution in [0.1, 0.15) is 6.42 Å². The first-order valence-electron chi connectivity index (χ1n) is 7.68. The highest BCUT2D eigenvalue weighted by molar-refractivity contribution is 6.39. The number of alkyl halides is 1. The SMILES string of the molecule is Cn1c(-c2c(Cl)cccc2Cl)nc2c(NC(=O)[C@@H]3C[C@@H]3F)nccc21. The number of carbonyl (C=O) groups excluding carboxylic acids is 1. The van der Waals surface area contributed by atoms with Gasteiger partial charge in [-0.2, -0.15) is 0 Å². The predicted octanol–water partition coefficient (Wildman–Crippen LogP) is 4.24. The fourth-order valence-corrected chi connectivity index (χ4v) is 3.36. The molecule has 1 saturated carbocycles. The van der Waals surface area contributed by atoms with Crippen LogP contribution in [0.3, 0.4) is 0 Å². The minimum atomic E-state index is -1.07. The van der Waals surface area contributed by atoms with E-state index in [1.54, 1.807) is 30.5 Å². The molecular weight excluding hydrogens is 366 g/mol. The van der Waals surface area contributed by atoms with E-state index in [1.165, 1.54) is 0 Å². The molecular formula is C17H13Cl2FN4O. The number of hydrogen-bond acceptors (Lipinski definition) is 3. The van der Waals surface area contributed by atoms with Crippen LogP contribution in [0.2, 0.25) is 10.0 Å². The maximum atomic E-state index is 13.1. The van der Waals surface area contributed by atoms with Crippen molar-refractivity contribution < 1.29 is 9.18 Å². The lowest BCUT2D eigenvalue weighted by molar-refractivity contribution is -0.117. The first-order chi connectivity index (χ1) is 12.0. The van der Waals surface area contributed by atoms with Gasteiger partial charge in [-0.25, -0.2) is 14.4 Å². The van der Waals surface area contributed by atoms with Crippen molar-refractivity contribution in [2.24, 2.45) is 13.0 Å². The van der Waals surface area contributed by atoms with Crippen molar-refractivity contribution >= 4 is 46.0 Å². The number of pyridine rings is 1. The summed E-state index contributed by atoms with van der Waals surface area (Å²) in [4.78, 5) is 20.8. The average molecular weight is 379 g/mol. The first-order valence-corrected chi connectivity index (χ1v) is 8.43. The lowest BCUT2D eigenvalue weighted by atomic mass is 10.2. The van der Waals surface area contributed by atoms with Gasteiger partial charge in [-0.05, 0) is 24.6 Å². The van der Waals surface area contributed by atoms with E-state index < -0.39 is 12.1 Å². The second-order valence-electron chi connectivity index (χ2n) is 5.97. The molecule has 1 aromatic carbocycles. The summed E-state index contributed by atoms with van der Waals surface area (Å²) in [5.74, 6) is -0.121. The van der Waals surface area contributed by atoms with Crippen LogP contribution in [0.4, 0.5) is 10.2 Å². The summed E-state index contributed by atoms with van der Waals surface area (Å²) in [7, 11) is 1.83. The van der Waals surface area contributed by atoms with Crippen LogP contribution in [0.25, 0.3) is 22.4 Å². The van der Waals surface area contributed by atoms with Crippen molar-refractivity contribution in [3.05, 3.63) is 40.5 Å². The number of nitrogens with one attached hydrogen (secondary N) is 1. The molecule has 128 valence electrons. The summed E-state index contributed by atoms with van der Waals surface area (Å²) in [5.41, 5.74) is 1.86. The molecule has 25 heavy (non-hydrogen) atoms. The number of carbonyl (C=O) groups is 1. The summed E-state index contributed by atoms with van der Waals surface area (Å²) in [5, 5.41) is 3.62. The number of benzene rings is 1. The molecule has 2 atom stereocenters. The number of imidazole rings is 1. The molecule has 3 aromatic rings. The standard InChI is InChI=1S/C17H13Cl2FN4O/c1-24-12-5-6-21-15(23-17(25)8-7-11(8)20)14(12)22-16(24)13-9(18)3-2-4-10(13)19/h2-6,8,11H,7H2,1H3,(H,21,23,25)/t8-,11+/m1/s1. The summed E-state index contributed by atoms with van der Waals surface area (Å²) in [6.07, 6.45) is 0.752. The third kappa shape index (κ3) is 2.75. The number of anilines is 1. The fraction of sp³-hybridized carbons (Fsp3) is 0.235. The number of amides is 1. The minimum absolute atomic E-state index is 0.254. The average Bonchev–Trinajstić information content (AvgIpc) is 3.22. The molecule has 0 unspecified atom stereocenters. The molecule has 5 nitrogen and oxygen atoms in total. The van der Waals surface area contributed by atoms with Crippen LogP contribution >= 0.6 is 23.2 Å². The van der Waals surface area contributed by atoms with Crippen LogP contribution in [0.5, 0.6) is 0 Å². The Balaban J connectivity index is 1.82. The Kier molecular flexibility index (Phi) is 3.89. The molecule has 4 rings (SSSR count). The highest BCUT2D eigenvalue weighted by Crippen LogP contribution is 2.37. The van der Waals surface area contributed by atoms with Crippen LogP contribution in [0.15, 0.2) is 30.5 Å². The number of fused-ring (bicyclic) bond motifs is 1. The Morgan fingerprint density at radius 2 is 2.00 bits per heavy atom. The quantitative estimate of drug-likeness (QED) is 0.741. The number of aryl methyl sites for hydroxylation is 1. The molecule has 1 aliphatic rings. The molecule has 0 bridgehead atoms. The van der Waals surface area contributed by atoms with Gasteiger partial charge in [-0.1, -0.05) is 29.3 Å². The highest BCUT2D eigenvalue weighted by atomic mass is 35.5. The molecule has 2 heterocycles. The summed E-state index contributed by atoms with van der Waals surface area (Å²) >= 11 is 12.6. The number of aromatic nitrogens is 3. The molecule has 1 N–H and O–H groups in total. The molecule has 1 amide bonds. The maximum absolute atomic E-state index is 13.1. The van der Waals surface area contributed by atoms with E-state index in [0.717, 1.165) is 5.52 Å². The third-order valence-electron chi connectivity index (χ3n) is 4.28. The largest absolute Gasteiger partial charge is 0.327 e. The van der Waals surface area contributed by atoms with E-state index in [-0.39, 0.29) is 12.3 Å². The number of hydrogen-bond donors (Lipinski definition) is 1. The number of rotatable bonds is 3. The summed E-state index contributed by atoms with van der Waals surface area (Å²) in [6, 6.07) is 7.00. The Bertz CT molecular complexity index is 983. The zero-order valence-electron chi connectivity index (χ0n) is 13.1. The van der Waals surface area contributed by atoms with E-state index in [2.05, 4.69) is 15.3 Å². The van der Waals surface area contributed by atoms with Crippen molar-refractivity contribution in [2.45, 2.75) is 12.6 Å². The predicted molar refractivity (Wildman–Crippen MR) is 95.6 cm³/mol. The Morgan fingerprint density at radius 1 is 1.32 bits per heavy atom. The van der Waals surface area contributed by atoms with Gasteiger partial charge in [0.25, 0.3) is 0 Å². The van der Waals surface area contributed by atoms with Gasteiger partial charge in [0, 0.05) is 13.2 Å². The van der Waals surface area contributed by atoms with Crippen molar-refractivity contribution in [2.75, 3.05) is 5.32 Å². The van der Waals surface area contributed by atoms with Crippen molar-refractivity contribution in [3.8, 4) is 11.4 Å².